The number of nitrogens with one attached hydrogen (secondary N) is 1. The molecule has 94 valence electrons. The van der Waals surface area contributed by atoms with Crippen LogP contribution >= 0.6 is 0 Å². The molecule has 0 radical (unpaired) electrons. The van der Waals surface area contributed by atoms with Crippen LogP contribution in [0.4, 0.5) is 0 Å². The van der Waals surface area contributed by atoms with E-state index in [1.165, 1.54) is 11.1 Å². The van der Waals surface area contributed by atoms with Crippen molar-refractivity contribution in [3.05, 3.63) is 35.0 Å². The number of carbonyl (C=O) groups is 1. The normalized spacial score (nSPS) is 14.1. The first-order valence-corrected chi connectivity index (χ1v) is 6.55. The van der Waals surface area contributed by atoms with Crippen molar-refractivity contribution in [2.45, 2.75) is 32.9 Å². The molecule has 3 nitrogen and oxygen atoms in total. The van der Waals surface area contributed by atoms with Gasteiger partial charge in [-0.3, -0.25) is 4.79 Å². The molecule has 1 aromatic carbocycles. The van der Waals surface area contributed by atoms with Crippen LogP contribution in [-0.2, 0) is 20.1 Å². The van der Waals surface area contributed by atoms with Crippen LogP contribution in [-0.4, -0.2) is 10.4 Å². The first-order valence-electron chi connectivity index (χ1n) is 6.55. The molecular formula is C15H18N2O. The van der Waals surface area contributed by atoms with Crippen LogP contribution in [0.1, 0.15) is 41.3 Å². The zero-order valence-electron chi connectivity index (χ0n) is 10.9. The van der Waals surface area contributed by atoms with Crippen LogP contribution in [0.3, 0.4) is 0 Å². The summed E-state index contributed by atoms with van der Waals surface area (Å²) < 4.78 is 2.07. The number of aromatic nitrogens is 1. The number of Topliss-reactive ketones (excluding diaryl/α,β-unsaturated/α-hetero) is 1. The average Bonchev–Trinajstić information content (AvgIpc) is 2.92. The van der Waals surface area contributed by atoms with Crippen molar-refractivity contribution < 1.29 is 4.79 Å². The molecule has 1 aromatic heterocycles. The Bertz CT molecular complexity index is 625. The summed E-state index contributed by atoms with van der Waals surface area (Å²) in [6, 6.07) is 4.40. The second kappa shape index (κ2) is 4.25. The first-order chi connectivity index (χ1) is 8.70. The predicted octanol–water partition coefficient (Wildman–Crippen LogP) is 2.76. The maximum Gasteiger partial charge on any atom is 0.165 e. The second-order valence-electron chi connectivity index (χ2n) is 5.07. The van der Waals surface area contributed by atoms with Crippen molar-refractivity contribution in [3.63, 3.8) is 0 Å². The highest BCUT2D eigenvalue weighted by Gasteiger charge is 2.17. The van der Waals surface area contributed by atoms with Gasteiger partial charge in [0.25, 0.3) is 0 Å². The van der Waals surface area contributed by atoms with E-state index in [4.69, 9.17) is 0 Å². The highest BCUT2D eigenvalue weighted by molar-refractivity contribution is 6.08. The lowest BCUT2D eigenvalue weighted by Gasteiger charge is -2.02. The Morgan fingerprint density at radius 1 is 1.33 bits per heavy atom. The van der Waals surface area contributed by atoms with Gasteiger partial charge in [0.1, 0.15) is 0 Å². The number of fused-ring (bicyclic) bond motifs is 2. The highest BCUT2D eigenvalue weighted by atomic mass is 16.1. The Hall–Kier alpha value is -1.61. The minimum absolute atomic E-state index is 0.258. The van der Waals surface area contributed by atoms with E-state index in [-0.39, 0.29) is 5.78 Å². The molecule has 1 N–H and O–H groups in total. The Kier molecular flexibility index (Phi) is 2.71. The summed E-state index contributed by atoms with van der Waals surface area (Å²) in [6.45, 7) is 3.90. The fraction of sp³-hybridized carbons (Fsp3) is 0.400. The fourth-order valence-electron chi connectivity index (χ4n) is 2.76. The molecule has 2 aromatic rings. The first kappa shape index (κ1) is 11.5. The quantitative estimate of drug-likeness (QED) is 0.840. The molecule has 2 heterocycles. The molecule has 3 rings (SSSR count). The minimum atomic E-state index is 0.258. The van der Waals surface area contributed by atoms with Gasteiger partial charge in [-0.2, -0.15) is 0 Å². The van der Waals surface area contributed by atoms with Crippen LogP contribution in [0.2, 0.25) is 0 Å². The summed E-state index contributed by atoms with van der Waals surface area (Å²) in [6.07, 6.45) is 3.52. The third-order valence-corrected chi connectivity index (χ3v) is 3.72. The number of benzene rings is 1. The Labute approximate surface area is 107 Å². The molecule has 3 heteroatoms. The van der Waals surface area contributed by atoms with E-state index >= 15 is 0 Å². The molecule has 0 saturated carbocycles. The van der Waals surface area contributed by atoms with Gasteiger partial charge in [0.15, 0.2) is 5.78 Å². The number of aryl methyl sites for hydroxylation is 1. The molecule has 18 heavy (non-hydrogen) atoms. The van der Waals surface area contributed by atoms with Gasteiger partial charge in [-0.25, -0.2) is 0 Å². The number of rotatable bonds is 3. The summed E-state index contributed by atoms with van der Waals surface area (Å²) in [5, 5.41) is 4.46. The molecule has 0 bridgehead atoms. The molecule has 0 fully saturated rings. The standard InChI is InChI=1S/C15H18N2O/c1-3-4-15(18)13-9-17(2)14-6-11-8-16-7-10(11)5-12(13)14/h5-6,9,16H,3-4,7-8H2,1-2H3. The van der Waals surface area contributed by atoms with Gasteiger partial charge >= 0.3 is 0 Å². The van der Waals surface area contributed by atoms with Gasteiger partial charge in [-0.15, -0.1) is 0 Å². The molecule has 0 spiro atoms. The second-order valence-corrected chi connectivity index (χ2v) is 5.07. The van der Waals surface area contributed by atoms with E-state index in [1.807, 2.05) is 20.2 Å². The number of hydrogen-bond donors (Lipinski definition) is 1. The molecule has 1 aliphatic rings. The molecule has 0 aliphatic carbocycles. The maximum atomic E-state index is 12.1. The highest BCUT2D eigenvalue weighted by Crippen LogP contribution is 2.28. The van der Waals surface area contributed by atoms with Crippen molar-refractivity contribution >= 4 is 16.7 Å². The Morgan fingerprint density at radius 2 is 2.06 bits per heavy atom. The smallest absolute Gasteiger partial charge is 0.165 e. The minimum Gasteiger partial charge on any atom is -0.350 e. The molecule has 0 atom stereocenters. The SMILES string of the molecule is CCCC(=O)c1cn(C)c2cc3c(cc12)CNC3. The third-order valence-electron chi connectivity index (χ3n) is 3.72. The average molecular weight is 242 g/mol. The Morgan fingerprint density at radius 3 is 2.78 bits per heavy atom. The van der Waals surface area contributed by atoms with Gasteiger partial charge < -0.3 is 9.88 Å². The monoisotopic (exact) mass is 242 g/mol. The number of hydrogen-bond acceptors (Lipinski definition) is 2. The van der Waals surface area contributed by atoms with Gasteiger partial charge in [-0.05, 0) is 29.7 Å². The number of ketones is 1. The van der Waals surface area contributed by atoms with Gasteiger partial charge in [0.05, 0.1) is 0 Å². The summed E-state index contributed by atoms with van der Waals surface area (Å²) in [5.41, 5.74) is 4.73. The van der Waals surface area contributed by atoms with E-state index in [2.05, 4.69) is 22.0 Å². The lowest BCUT2D eigenvalue weighted by Crippen LogP contribution is -2.00. The third kappa shape index (κ3) is 1.66. The maximum absolute atomic E-state index is 12.1. The predicted molar refractivity (Wildman–Crippen MR) is 72.7 cm³/mol. The number of carbonyl (C=O) groups excluding carboxylic acids is 1. The van der Waals surface area contributed by atoms with Gasteiger partial charge in [0.2, 0.25) is 0 Å². The van der Waals surface area contributed by atoms with E-state index in [9.17, 15) is 4.79 Å². The van der Waals surface area contributed by atoms with Crippen LogP contribution in [0.25, 0.3) is 10.9 Å². The van der Waals surface area contributed by atoms with E-state index < -0.39 is 0 Å². The van der Waals surface area contributed by atoms with Crippen LogP contribution < -0.4 is 5.32 Å². The largest absolute Gasteiger partial charge is 0.350 e. The molecule has 0 amide bonds. The van der Waals surface area contributed by atoms with E-state index in [0.29, 0.717) is 6.42 Å². The molecule has 1 aliphatic heterocycles. The Balaban J connectivity index is 2.19. The summed E-state index contributed by atoms with van der Waals surface area (Å²) in [4.78, 5) is 12.1. The zero-order valence-corrected chi connectivity index (χ0v) is 10.9. The van der Waals surface area contributed by atoms with Crippen molar-refractivity contribution in [3.8, 4) is 0 Å². The molecule has 0 unspecified atom stereocenters. The lowest BCUT2D eigenvalue weighted by atomic mass is 10.0. The molecular weight excluding hydrogens is 224 g/mol. The van der Waals surface area contributed by atoms with E-state index in [0.717, 1.165) is 36.0 Å². The van der Waals surface area contributed by atoms with Crippen molar-refractivity contribution in [2.75, 3.05) is 0 Å². The fourth-order valence-corrected chi connectivity index (χ4v) is 2.76. The topological polar surface area (TPSA) is 34.0 Å². The van der Waals surface area contributed by atoms with Crippen LogP contribution in [0.15, 0.2) is 18.3 Å². The van der Waals surface area contributed by atoms with Crippen molar-refractivity contribution in [2.24, 2.45) is 7.05 Å². The zero-order chi connectivity index (χ0) is 12.7. The summed E-state index contributed by atoms with van der Waals surface area (Å²) >= 11 is 0. The van der Waals surface area contributed by atoms with Gasteiger partial charge in [0, 0.05) is 49.2 Å². The number of nitrogens with zero attached hydrogens (tertiary/aromatic N) is 1. The van der Waals surface area contributed by atoms with Crippen LogP contribution in [0.5, 0.6) is 0 Å². The van der Waals surface area contributed by atoms with Crippen molar-refractivity contribution in [1.82, 2.24) is 9.88 Å². The van der Waals surface area contributed by atoms with Crippen molar-refractivity contribution in [1.29, 1.82) is 0 Å². The summed E-state index contributed by atoms with van der Waals surface area (Å²) in [7, 11) is 2.01. The van der Waals surface area contributed by atoms with Crippen LogP contribution in [0, 0.1) is 0 Å². The lowest BCUT2D eigenvalue weighted by molar-refractivity contribution is 0.0983. The summed E-state index contributed by atoms with van der Waals surface area (Å²) in [5.74, 6) is 0.258. The van der Waals surface area contributed by atoms with E-state index in [1.54, 1.807) is 0 Å². The molecule has 0 saturated heterocycles. The van der Waals surface area contributed by atoms with Gasteiger partial charge in [-0.1, -0.05) is 6.92 Å².